The van der Waals surface area contributed by atoms with Crippen LogP contribution in [-0.4, -0.2) is 68.2 Å². The van der Waals surface area contributed by atoms with Crippen molar-refractivity contribution in [3.8, 4) is 0 Å². The Morgan fingerprint density at radius 3 is 1.78 bits per heavy atom. The van der Waals surface area contributed by atoms with Crippen molar-refractivity contribution in [3.63, 3.8) is 0 Å². The van der Waals surface area contributed by atoms with Gasteiger partial charge in [0.15, 0.2) is 11.5 Å². The molecule has 0 amide bonds. The number of hydrogen-bond acceptors (Lipinski definition) is 10. The third kappa shape index (κ3) is 13.2. The molecule has 4 aromatic rings. The number of hydrogen-bond donors (Lipinski definition) is 3. The lowest BCUT2D eigenvalue weighted by atomic mass is 9.94. The average molecular weight is 778 g/mol. The average Bonchev–Trinajstić information content (AvgIpc) is 3.57. The van der Waals surface area contributed by atoms with E-state index in [0.717, 1.165) is 62.5 Å². The molecule has 0 bridgehead atoms. The van der Waals surface area contributed by atoms with Crippen molar-refractivity contribution in [3.05, 3.63) is 84.4 Å². The van der Waals surface area contributed by atoms with Gasteiger partial charge in [0.1, 0.15) is 29.3 Å². The van der Waals surface area contributed by atoms with Crippen LogP contribution in [0.3, 0.4) is 0 Å². The number of ether oxygens (including phenoxy) is 3. The number of nitrogens with zero attached hydrogens (tertiary/aromatic N) is 4. The number of anilines is 1. The first-order valence-electron chi connectivity index (χ1n) is 19.5. The van der Waals surface area contributed by atoms with Crippen molar-refractivity contribution in [2.24, 2.45) is 0 Å². The molecule has 0 saturated carbocycles. The number of carbonyl (C=O) groups is 2. The molecule has 4 N–H and O–H groups in total. The van der Waals surface area contributed by atoms with Crippen LogP contribution in [0.4, 0.5) is 5.82 Å². The van der Waals surface area contributed by atoms with Gasteiger partial charge in [-0.05, 0) is 44.7 Å². The maximum Gasteiger partial charge on any atom is 0.326 e. The van der Waals surface area contributed by atoms with E-state index < -0.39 is 36.6 Å². The number of esters is 2. The summed E-state index contributed by atoms with van der Waals surface area (Å²) in [6.45, 7) is 10.2. The van der Waals surface area contributed by atoms with Crippen LogP contribution in [0, 0.1) is 0 Å². The summed E-state index contributed by atoms with van der Waals surface area (Å²) in [5.41, 5.74) is 5.74. The van der Waals surface area contributed by atoms with Gasteiger partial charge in [0.05, 0.1) is 32.2 Å². The van der Waals surface area contributed by atoms with Gasteiger partial charge in [0, 0.05) is 12.8 Å². The fourth-order valence-corrected chi connectivity index (χ4v) is 9.10. The molecule has 0 aliphatic carbocycles. The van der Waals surface area contributed by atoms with Gasteiger partial charge in [-0.25, -0.2) is 25.1 Å². The predicted molar refractivity (Wildman–Crippen MR) is 216 cm³/mol. The van der Waals surface area contributed by atoms with Crippen molar-refractivity contribution in [2.45, 2.75) is 123 Å². The Kier molecular flexibility index (Phi) is 16.8. The molecule has 2 aromatic heterocycles. The number of nitrogen functional groups attached to an aromatic ring is 1. The summed E-state index contributed by atoms with van der Waals surface area (Å²) in [5.74, 6) is -0.832. The number of fused-ring (bicyclic) bond motifs is 1. The third-order valence-electron chi connectivity index (χ3n) is 9.44. The molecule has 0 unspecified atom stereocenters. The minimum atomic E-state index is -4.04. The van der Waals surface area contributed by atoms with E-state index in [1.54, 1.807) is 24.7 Å². The van der Waals surface area contributed by atoms with E-state index in [0.29, 0.717) is 17.7 Å². The zero-order valence-corrected chi connectivity index (χ0v) is 34.1. The van der Waals surface area contributed by atoms with Gasteiger partial charge in [0.25, 0.3) is 0 Å². The Bertz CT molecular complexity index is 1740. The maximum atomic E-state index is 15.6. The second-order valence-corrected chi connectivity index (χ2v) is 17.0. The second kappa shape index (κ2) is 21.2. The highest BCUT2D eigenvalue weighted by molar-refractivity contribution is 7.59. The van der Waals surface area contributed by atoms with Crippen LogP contribution < -0.4 is 15.9 Å². The predicted octanol–water partition coefficient (Wildman–Crippen LogP) is 7.39. The van der Waals surface area contributed by atoms with Crippen LogP contribution >= 0.6 is 7.44 Å². The highest BCUT2D eigenvalue weighted by Gasteiger charge is 2.47. The topological polar surface area (TPSA) is 173 Å². The van der Waals surface area contributed by atoms with E-state index in [-0.39, 0.29) is 38.2 Å². The molecule has 2 heterocycles. The van der Waals surface area contributed by atoms with Gasteiger partial charge in [-0.1, -0.05) is 113 Å². The molecular formula is C41H60N7O6P. The summed E-state index contributed by atoms with van der Waals surface area (Å²) in [7, 11) is -4.04. The number of aromatic nitrogens is 4. The van der Waals surface area contributed by atoms with Crippen LogP contribution in [0.25, 0.3) is 11.2 Å². The number of nitrogens with one attached hydrogen (secondary N) is 2. The molecule has 0 aliphatic rings. The van der Waals surface area contributed by atoms with Crippen LogP contribution in [0.2, 0.25) is 0 Å². The van der Waals surface area contributed by atoms with Gasteiger partial charge in [-0.2, -0.15) is 0 Å². The van der Waals surface area contributed by atoms with Crippen LogP contribution in [0.5, 0.6) is 0 Å². The summed E-state index contributed by atoms with van der Waals surface area (Å²) in [4.78, 5) is 40.9. The highest BCUT2D eigenvalue weighted by atomic mass is 31.2. The molecule has 14 heteroatoms. The molecule has 0 saturated heterocycles. The molecular weight excluding hydrogens is 717 g/mol. The molecule has 0 fully saturated rings. The van der Waals surface area contributed by atoms with E-state index in [2.05, 4.69) is 39.0 Å². The van der Waals surface area contributed by atoms with E-state index >= 15 is 4.57 Å². The zero-order chi connectivity index (χ0) is 39.7. The summed E-state index contributed by atoms with van der Waals surface area (Å²) >= 11 is 0. The lowest BCUT2D eigenvalue weighted by molar-refractivity contribution is -0.150. The van der Waals surface area contributed by atoms with Crippen molar-refractivity contribution in [1.29, 1.82) is 0 Å². The van der Waals surface area contributed by atoms with Crippen molar-refractivity contribution >= 4 is 36.4 Å². The second-order valence-electron chi connectivity index (χ2n) is 14.8. The molecule has 0 aliphatic heterocycles. The summed E-state index contributed by atoms with van der Waals surface area (Å²) in [6.07, 6.45) is 9.91. The Hall–Kier alpha value is -4.16. The van der Waals surface area contributed by atoms with E-state index in [9.17, 15) is 9.59 Å². The SMILES string of the molecule is CCCCCCOC(=O)[C@](C)(Cc1ccccc1)NP(=O)(CO[C@H](C)Cn1cnc2c(N)ncnc21)N[C@@](C)(Cc1ccccc1)C(=O)OCCCCCC. The monoisotopic (exact) mass is 777 g/mol. The van der Waals surface area contributed by atoms with E-state index in [1.165, 1.54) is 6.33 Å². The Balaban J connectivity index is 1.68. The highest BCUT2D eigenvalue weighted by Crippen LogP contribution is 2.44. The zero-order valence-electron chi connectivity index (χ0n) is 33.2. The molecule has 3 atom stereocenters. The largest absolute Gasteiger partial charge is 0.464 e. The minimum absolute atomic E-state index is 0.169. The minimum Gasteiger partial charge on any atom is -0.464 e. The third-order valence-corrected chi connectivity index (χ3v) is 11.7. The van der Waals surface area contributed by atoms with Crippen LogP contribution in [-0.2, 0) is 47.8 Å². The first-order valence-corrected chi connectivity index (χ1v) is 21.4. The smallest absolute Gasteiger partial charge is 0.326 e. The van der Waals surface area contributed by atoms with Gasteiger partial charge in [-0.15, -0.1) is 0 Å². The number of carbonyl (C=O) groups excluding carboxylic acids is 2. The van der Waals surface area contributed by atoms with Crippen molar-refractivity contribution < 1.29 is 28.4 Å². The summed E-state index contributed by atoms with van der Waals surface area (Å²) < 4.78 is 35.5. The molecule has 2 aromatic carbocycles. The first-order chi connectivity index (χ1) is 26.4. The quantitative estimate of drug-likeness (QED) is 0.0347. The molecule has 300 valence electrons. The Morgan fingerprint density at radius 1 is 0.782 bits per heavy atom. The Morgan fingerprint density at radius 2 is 1.29 bits per heavy atom. The molecule has 0 spiro atoms. The fraction of sp³-hybridized carbons (Fsp3) is 0.537. The number of benzene rings is 2. The maximum absolute atomic E-state index is 15.6. The molecule has 55 heavy (non-hydrogen) atoms. The summed E-state index contributed by atoms with van der Waals surface area (Å²) in [5, 5.41) is 6.44. The molecule has 0 radical (unpaired) electrons. The van der Waals surface area contributed by atoms with E-state index in [4.69, 9.17) is 19.9 Å². The lowest BCUT2D eigenvalue weighted by Gasteiger charge is -2.38. The van der Waals surface area contributed by atoms with Crippen molar-refractivity contribution in [2.75, 3.05) is 25.3 Å². The number of nitrogens with two attached hydrogens (primary N) is 1. The lowest BCUT2D eigenvalue weighted by Crippen LogP contribution is -2.57. The number of unbranched alkanes of at least 4 members (excludes halogenated alkanes) is 6. The van der Waals surface area contributed by atoms with Gasteiger partial charge in [0.2, 0.25) is 7.44 Å². The van der Waals surface area contributed by atoms with Crippen LogP contribution in [0.15, 0.2) is 73.3 Å². The standard InChI is InChI=1S/C41H60N7O6P/c1-6-8-10-18-24-52-38(49)40(4,26-33-20-14-12-15-21-33)46-55(51,31-54-32(3)28-48-30-45-35-36(42)43-29-44-37(35)48)47-41(5,27-34-22-16-13-17-23-34)39(50)53-25-19-11-9-7-2/h12-17,20-23,29-30,32H,6-11,18-19,24-28,31H2,1-5H3,(H2,42,43,44)(H2,46,47,51)/t32-,40+,41+/m1/s1. The van der Waals surface area contributed by atoms with Gasteiger partial charge in [-0.3, -0.25) is 14.2 Å². The van der Waals surface area contributed by atoms with Gasteiger partial charge < -0.3 is 24.5 Å². The van der Waals surface area contributed by atoms with E-state index in [1.807, 2.05) is 67.6 Å². The Labute approximate surface area is 326 Å². The summed E-state index contributed by atoms with van der Waals surface area (Å²) in [6, 6.07) is 19.0. The molecule has 13 nitrogen and oxygen atoms in total. The number of rotatable bonds is 25. The molecule has 4 rings (SSSR count). The first kappa shape index (κ1) is 43.6. The van der Waals surface area contributed by atoms with Crippen molar-refractivity contribution in [1.82, 2.24) is 29.7 Å². The normalized spacial score (nSPS) is 14.6. The fourth-order valence-electron chi connectivity index (χ4n) is 6.51. The number of imidazole rings is 1. The van der Waals surface area contributed by atoms with Gasteiger partial charge >= 0.3 is 11.9 Å². The van der Waals surface area contributed by atoms with Crippen LogP contribution in [0.1, 0.15) is 97.1 Å².